The third-order valence-electron chi connectivity index (χ3n) is 3.01. The van der Waals surface area contributed by atoms with Gasteiger partial charge in [-0.15, -0.1) is 0 Å². The second-order valence-electron chi connectivity index (χ2n) is 5.79. The van der Waals surface area contributed by atoms with E-state index >= 15 is 0 Å². The van der Waals surface area contributed by atoms with E-state index in [4.69, 9.17) is 4.74 Å². The zero-order valence-electron chi connectivity index (χ0n) is 12.4. The van der Waals surface area contributed by atoms with Crippen molar-refractivity contribution in [3.8, 4) is 0 Å². The van der Waals surface area contributed by atoms with E-state index in [9.17, 15) is 9.18 Å². The zero-order valence-corrected chi connectivity index (χ0v) is 12.4. The third-order valence-corrected chi connectivity index (χ3v) is 3.01. The molecule has 0 bridgehead atoms. The van der Waals surface area contributed by atoms with Crippen LogP contribution in [0.5, 0.6) is 0 Å². The van der Waals surface area contributed by atoms with Crippen LogP contribution in [0.15, 0.2) is 18.2 Å². The Kier molecular flexibility index (Phi) is 5.10. The molecule has 0 radical (unpaired) electrons. The molecule has 0 aromatic heterocycles. The molecular formula is C16H23FO2. The Morgan fingerprint density at radius 1 is 1.21 bits per heavy atom. The molecule has 3 heteroatoms. The molecule has 0 amide bonds. The van der Waals surface area contributed by atoms with Crippen molar-refractivity contribution in [2.75, 3.05) is 0 Å². The molecule has 0 aliphatic heterocycles. The summed E-state index contributed by atoms with van der Waals surface area (Å²) < 4.78 is 18.9. The van der Waals surface area contributed by atoms with Gasteiger partial charge in [-0.25, -0.2) is 9.18 Å². The maximum atomic E-state index is 13.6. The van der Waals surface area contributed by atoms with Crippen LogP contribution < -0.4 is 0 Å². The molecule has 0 spiro atoms. The van der Waals surface area contributed by atoms with E-state index in [1.807, 2.05) is 0 Å². The van der Waals surface area contributed by atoms with Crippen LogP contribution in [0.25, 0.3) is 0 Å². The minimum Gasteiger partial charge on any atom is -0.456 e. The smallest absolute Gasteiger partial charge is 0.338 e. The first-order chi connectivity index (χ1) is 8.76. The molecule has 0 aliphatic carbocycles. The van der Waals surface area contributed by atoms with E-state index in [0.29, 0.717) is 0 Å². The van der Waals surface area contributed by atoms with Crippen LogP contribution in [0, 0.1) is 5.82 Å². The summed E-state index contributed by atoms with van der Waals surface area (Å²) in [4.78, 5) is 12.0. The van der Waals surface area contributed by atoms with Crippen LogP contribution in [-0.4, -0.2) is 11.6 Å². The first-order valence-corrected chi connectivity index (χ1v) is 6.80. The van der Waals surface area contributed by atoms with Gasteiger partial charge < -0.3 is 4.74 Å². The van der Waals surface area contributed by atoms with E-state index in [2.05, 4.69) is 13.8 Å². The summed E-state index contributed by atoms with van der Waals surface area (Å²) in [6, 6.07) is 4.49. The minimum absolute atomic E-state index is 0.275. The number of halogens is 1. The lowest BCUT2D eigenvalue weighted by Crippen LogP contribution is -2.24. The maximum absolute atomic E-state index is 13.6. The highest BCUT2D eigenvalue weighted by Gasteiger charge is 2.20. The average molecular weight is 266 g/mol. The van der Waals surface area contributed by atoms with Gasteiger partial charge in [0.05, 0.1) is 5.56 Å². The molecule has 0 saturated carbocycles. The summed E-state index contributed by atoms with van der Waals surface area (Å²) in [7, 11) is 0. The number of carbonyl (C=O) groups is 1. The summed E-state index contributed by atoms with van der Waals surface area (Å²) in [6.45, 7) is 9.52. The van der Waals surface area contributed by atoms with Gasteiger partial charge in [0, 0.05) is 0 Å². The van der Waals surface area contributed by atoms with Gasteiger partial charge in [0.25, 0.3) is 0 Å². The molecule has 1 rings (SSSR count). The number of esters is 1. The van der Waals surface area contributed by atoms with Crippen molar-refractivity contribution < 1.29 is 13.9 Å². The summed E-state index contributed by atoms with van der Waals surface area (Å²) in [5.74, 6) is -0.582. The SMILES string of the molecule is CCC(CC)c1cc(F)cc(C(=O)OC(C)(C)C)c1. The van der Waals surface area contributed by atoms with Gasteiger partial charge in [0.1, 0.15) is 11.4 Å². The first-order valence-electron chi connectivity index (χ1n) is 6.80. The van der Waals surface area contributed by atoms with Gasteiger partial charge in [0.2, 0.25) is 0 Å². The van der Waals surface area contributed by atoms with Crippen LogP contribution in [0.3, 0.4) is 0 Å². The van der Waals surface area contributed by atoms with Gasteiger partial charge in [-0.2, -0.15) is 0 Å². The number of hydrogen-bond acceptors (Lipinski definition) is 2. The predicted octanol–water partition coefficient (Wildman–Crippen LogP) is 4.68. The molecule has 1 aromatic rings. The Labute approximate surface area is 115 Å². The molecule has 0 N–H and O–H groups in total. The van der Waals surface area contributed by atoms with E-state index < -0.39 is 11.6 Å². The molecule has 0 fully saturated rings. The molecule has 0 heterocycles. The van der Waals surface area contributed by atoms with Gasteiger partial charge in [-0.05, 0) is 63.3 Å². The van der Waals surface area contributed by atoms with E-state index in [1.54, 1.807) is 26.8 Å². The Morgan fingerprint density at radius 2 is 1.79 bits per heavy atom. The van der Waals surface area contributed by atoms with Gasteiger partial charge in [-0.3, -0.25) is 0 Å². The maximum Gasteiger partial charge on any atom is 0.338 e. The lowest BCUT2D eigenvalue weighted by atomic mass is 9.92. The fourth-order valence-corrected chi connectivity index (χ4v) is 2.06. The lowest BCUT2D eigenvalue weighted by molar-refractivity contribution is 0.00688. The highest BCUT2D eigenvalue weighted by Crippen LogP contribution is 2.25. The summed E-state index contributed by atoms with van der Waals surface area (Å²) in [6.07, 6.45) is 1.85. The summed E-state index contributed by atoms with van der Waals surface area (Å²) >= 11 is 0. The first kappa shape index (κ1) is 15.7. The molecule has 106 valence electrons. The number of rotatable bonds is 4. The number of ether oxygens (including phenoxy) is 1. The monoisotopic (exact) mass is 266 g/mol. The number of hydrogen-bond donors (Lipinski definition) is 0. The third kappa shape index (κ3) is 4.66. The highest BCUT2D eigenvalue weighted by molar-refractivity contribution is 5.90. The topological polar surface area (TPSA) is 26.3 Å². The van der Waals surface area contributed by atoms with E-state index in [-0.39, 0.29) is 17.3 Å². The molecule has 1 aromatic carbocycles. The van der Waals surface area contributed by atoms with Crippen molar-refractivity contribution in [2.24, 2.45) is 0 Å². The lowest BCUT2D eigenvalue weighted by Gasteiger charge is -2.20. The zero-order chi connectivity index (χ0) is 14.6. The molecule has 2 nitrogen and oxygen atoms in total. The fourth-order valence-electron chi connectivity index (χ4n) is 2.06. The largest absolute Gasteiger partial charge is 0.456 e. The standard InChI is InChI=1S/C16H23FO2/c1-6-11(7-2)12-8-13(10-14(17)9-12)15(18)19-16(3,4)5/h8-11H,6-7H2,1-5H3. The van der Waals surface area contributed by atoms with E-state index in [0.717, 1.165) is 18.4 Å². The van der Waals surface area contributed by atoms with Crippen molar-refractivity contribution >= 4 is 5.97 Å². The van der Waals surface area contributed by atoms with Gasteiger partial charge in [0.15, 0.2) is 0 Å². The average Bonchev–Trinajstić information content (AvgIpc) is 2.27. The normalized spacial score (nSPS) is 11.7. The van der Waals surface area contributed by atoms with Crippen molar-refractivity contribution in [1.29, 1.82) is 0 Å². The van der Waals surface area contributed by atoms with E-state index in [1.165, 1.54) is 12.1 Å². The molecule has 0 saturated heterocycles. The quantitative estimate of drug-likeness (QED) is 0.739. The molecule has 0 unspecified atom stereocenters. The van der Waals surface area contributed by atoms with Crippen molar-refractivity contribution in [3.05, 3.63) is 35.1 Å². The Balaban J connectivity index is 3.06. The predicted molar refractivity (Wildman–Crippen MR) is 74.9 cm³/mol. The second kappa shape index (κ2) is 6.18. The Bertz CT molecular complexity index is 443. The summed E-state index contributed by atoms with van der Waals surface area (Å²) in [5.41, 5.74) is 0.584. The van der Waals surface area contributed by atoms with Crippen LogP contribution in [0.4, 0.5) is 4.39 Å². The molecule has 19 heavy (non-hydrogen) atoms. The van der Waals surface area contributed by atoms with Crippen LogP contribution >= 0.6 is 0 Å². The minimum atomic E-state index is -0.571. The van der Waals surface area contributed by atoms with Crippen LogP contribution in [0.1, 0.15) is 69.3 Å². The van der Waals surface area contributed by atoms with Gasteiger partial charge >= 0.3 is 5.97 Å². The number of benzene rings is 1. The number of carbonyl (C=O) groups excluding carboxylic acids is 1. The second-order valence-corrected chi connectivity index (χ2v) is 5.79. The molecule has 0 aliphatic rings. The molecule has 0 atom stereocenters. The van der Waals surface area contributed by atoms with Crippen molar-refractivity contribution in [3.63, 3.8) is 0 Å². The fraction of sp³-hybridized carbons (Fsp3) is 0.562. The van der Waals surface area contributed by atoms with Gasteiger partial charge in [-0.1, -0.05) is 13.8 Å². The van der Waals surface area contributed by atoms with Crippen LogP contribution in [0.2, 0.25) is 0 Å². The Morgan fingerprint density at radius 3 is 2.26 bits per heavy atom. The van der Waals surface area contributed by atoms with Crippen LogP contribution in [-0.2, 0) is 4.74 Å². The molecular weight excluding hydrogens is 243 g/mol. The highest BCUT2D eigenvalue weighted by atomic mass is 19.1. The Hall–Kier alpha value is -1.38. The van der Waals surface area contributed by atoms with Crippen molar-refractivity contribution in [1.82, 2.24) is 0 Å². The summed E-state index contributed by atoms with van der Waals surface area (Å²) in [5, 5.41) is 0. The van der Waals surface area contributed by atoms with Crippen molar-refractivity contribution in [2.45, 2.75) is 59.0 Å².